The summed E-state index contributed by atoms with van der Waals surface area (Å²) in [6.07, 6.45) is 4.48. The first kappa shape index (κ1) is 13.4. The van der Waals surface area contributed by atoms with Crippen LogP contribution in [0.25, 0.3) is 0 Å². The minimum Gasteiger partial charge on any atom is -0.496 e. The van der Waals surface area contributed by atoms with Gasteiger partial charge in [-0.2, -0.15) is 0 Å². The predicted molar refractivity (Wildman–Crippen MR) is 73.0 cm³/mol. The summed E-state index contributed by atoms with van der Waals surface area (Å²) >= 11 is 0. The number of ether oxygens (including phenoxy) is 2. The Labute approximate surface area is 109 Å². The van der Waals surface area contributed by atoms with Gasteiger partial charge in [-0.1, -0.05) is 17.7 Å². The van der Waals surface area contributed by atoms with E-state index in [2.05, 4.69) is 19.1 Å². The third-order valence-corrected chi connectivity index (χ3v) is 3.58. The highest BCUT2D eigenvalue weighted by Gasteiger charge is 2.22. The molecule has 0 aromatic heterocycles. The first-order valence-corrected chi connectivity index (χ1v) is 6.71. The monoisotopic (exact) mass is 249 g/mol. The summed E-state index contributed by atoms with van der Waals surface area (Å²) in [5, 5.41) is 0. The highest BCUT2D eigenvalue weighted by atomic mass is 16.5. The second-order valence-electron chi connectivity index (χ2n) is 5.09. The molecular formula is C15H23NO2. The molecule has 1 aromatic carbocycles. The Bertz CT molecular complexity index is 386. The van der Waals surface area contributed by atoms with Crippen molar-refractivity contribution in [3.8, 4) is 5.75 Å². The fourth-order valence-corrected chi connectivity index (χ4v) is 2.56. The van der Waals surface area contributed by atoms with E-state index in [9.17, 15) is 0 Å². The second kappa shape index (κ2) is 6.21. The van der Waals surface area contributed by atoms with E-state index in [1.165, 1.54) is 17.5 Å². The molecule has 100 valence electrons. The highest BCUT2D eigenvalue weighted by Crippen LogP contribution is 2.23. The molecule has 1 heterocycles. The molecule has 0 bridgehead atoms. The molecule has 1 aromatic rings. The molecule has 3 heteroatoms. The van der Waals surface area contributed by atoms with Crippen LogP contribution in [0.4, 0.5) is 0 Å². The Morgan fingerprint density at radius 1 is 1.44 bits per heavy atom. The Kier molecular flexibility index (Phi) is 4.61. The molecule has 18 heavy (non-hydrogen) atoms. The maximum atomic E-state index is 6.27. The lowest BCUT2D eigenvalue weighted by atomic mass is 9.95. The lowest BCUT2D eigenvalue weighted by molar-refractivity contribution is 0.000555. The maximum absolute atomic E-state index is 6.27. The number of hydrogen-bond donors (Lipinski definition) is 1. The molecule has 1 aliphatic heterocycles. The summed E-state index contributed by atoms with van der Waals surface area (Å²) in [7, 11) is 1.71. The van der Waals surface area contributed by atoms with Gasteiger partial charge in [0.25, 0.3) is 0 Å². The molecule has 2 atom stereocenters. The van der Waals surface area contributed by atoms with Gasteiger partial charge in [-0.15, -0.1) is 0 Å². The molecule has 0 amide bonds. The molecule has 1 saturated heterocycles. The van der Waals surface area contributed by atoms with Gasteiger partial charge in [0.05, 0.1) is 13.2 Å². The largest absolute Gasteiger partial charge is 0.496 e. The van der Waals surface area contributed by atoms with E-state index in [1.54, 1.807) is 7.11 Å². The van der Waals surface area contributed by atoms with Crippen LogP contribution in [0.2, 0.25) is 0 Å². The van der Waals surface area contributed by atoms with Gasteiger partial charge < -0.3 is 15.2 Å². The summed E-state index contributed by atoms with van der Waals surface area (Å²) in [5.74, 6) is 0.923. The number of methoxy groups -OCH3 is 1. The Morgan fingerprint density at radius 2 is 2.28 bits per heavy atom. The fourth-order valence-electron chi connectivity index (χ4n) is 2.56. The van der Waals surface area contributed by atoms with Crippen LogP contribution in [0.5, 0.6) is 5.75 Å². The van der Waals surface area contributed by atoms with E-state index in [4.69, 9.17) is 15.2 Å². The van der Waals surface area contributed by atoms with Crippen molar-refractivity contribution in [3.05, 3.63) is 29.3 Å². The van der Waals surface area contributed by atoms with Crippen molar-refractivity contribution in [1.82, 2.24) is 0 Å². The van der Waals surface area contributed by atoms with Crippen LogP contribution < -0.4 is 10.5 Å². The third kappa shape index (κ3) is 3.24. The molecule has 2 unspecified atom stereocenters. The first-order chi connectivity index (χ1) is 8.70. The van der Waals surface area contributed by atoms with Gasteiger partial charge in [-0.3, -0.25) is 0 Å². The Morgan fingerprint density at radius 3 is 2.94 bits per heavy atom. The van der Waals surface area contributed by atoms with E-state index in [0.29, 0.717) is 0 Å². The molecule has 0 spiro atoms. The van der Waals surface area contributed by atoms with Gasteiger partial charge in [0.2, 0.25) is 0 Å². The standard InChI is InChI=1S/C15H23NO2/c1-11-6-7-14(17-2)12(9-11)10-13(16)15-5-3-4-8-18-15/h6-7,9,13,15H,3-5,8,10,16H2,1-2H3. The Balaban J connectivity index is 2.05. The van der Waals surface area contributed by atoms with Crippen LogP contribution >= 0.6 is 0 Å². The van der Waals surface area contributed by atoms with E-state index in [-0.39, 0.29) is 12.1 Å². The second-order valence-corrected chi connectivity index (χ2v) is 5.09. The number of rotatable bonds is 4. The zero-order valence-corrected chi connectivity index (χ0v) is 11.3. The number of hydrogen-bond acceptors (Lipinski definition) is 3. The van der Waals surface area contributed by atoms with Crippen molar-refractivity contribution < 1.29 is 9.47 Å². The van der Waals surface area contributed by atoms with Crippen molar-refractivity contribution in [3.63, 3.8) is 0 Å². The zero-order chi connectivity index (χ0) is 13.0. The highest BCUT2D eigenvalue weighted by molar-refractivity contribution is 5.37. The van der Waals surface area contributed by atoms with Crippen molar-refractivity contribution >= 4 is 0 Å². The van der Waals surface area contributed by atoms with E-state index >= 15 is 0 Å². The fraction of sp³-hybridized carbons (Fsp3) is 0.600. The van der Waals surface area contributed by atoms with Gasteiger partial charge in [0.15, 0.2) is 0 Å². The smallest absolute Gasteiger partial charge is 0.122 e. The Hall–Kier alpha value is -1.06. The molecule has 1 aliphatic rings. The first-order valence-electron chi connectivity index (χ1n) is 6.71. The lowest BCUT2D eigenvalue weighted by Crippen LogP contribution is -2.40. The van der Waals surface area contributed by atoms with Crippen LogP contribution in [-0.2, 0) is 11.2 Å². The summed E-state index contributed by atoms with van der Waals surface area (Å²) in [5.41, 5.74) is 8.69. The molecule has 3 nitrogen and oxygen atoms in total. The molecule has 0 saturated carbocycles. The average Bonchev–Trinajstić information content (AvgIpc) is 2.40. The van der Waals surface area contributed by atoms with Gasteiger partial charge in [0, 0.05) is 12.6 Å². The van der Waals surface area contributed by atoms with Crippen LogP contribution in [0.1, 0.15) is 30.4 Å². The summed E-state index contributed by atoms with van der Waals surface area (Å²) in [4.78, 5) is 0. The van der Waals surface area contributed by atoms with Crippen LogP contribution in [0.15, 0.2) is 18.2 Å². The third-order valence-electron chi connectivity index (χ3n) is 3.58. The SMILES string of the molecule is COc1ccc(C)cc1CC(N)C1CCCCO1. The van der Waals surface area contributed by atoms with E-state index in [1.807, 2.05) is 6.07 Å². The average molecular weight is 249 g/mol. The van der Waals surface area contributed by atoms with Crippen LogP contribution in [0.3, 0.4) is 0 Å². The topological polar surface area (TPSA) is 44.5 Å². The van der Waals surface area contributed by atoms with Gasteiger partial charge in [-0.05, 0) is 44.2 Å². The van der Waals surface area contributed by atoms with Crippen molar-refractivity contribution in [2.24, 2.45) is 5.73 Å². The van der Waals surface area contributed by atoms with Crippen molar-refractivity contribution in [2.45, 2.75) is 44.8 Å². The van der Waals surface area contributed by atoms with Crippen LogP contribution in [0, 0.1) is 6.92 Å². The van der Waals surface area contributed by atoms with Gasteiger partial charge in [-0.25, -0.2) is 0 Å². The molecule has 1 fully saturated rings. The summed E-state index contributed by atoms with van der Waals surface area (Å²) < 4.78 is 11.1. The number of aryl methyl sites for hydroxylation is 1. The molecule has 0 aliphatic carbocycles. The lowest BCUT2D eigenvalue weighted by Gasteiger charge is -2.28. The maximum Gasteiger partial charge on any atom is 0.122 e. The van der Waals surface area contributed by atoms with Gasteiger partial charge >= 0.3 is 0 Å². The molecule has 0 radical (unpaired) electrons. The quantitative estimate of drug-likeness (QED) is 0.891. The number of nitrogens with two attached hydrogens (primary N) is 1. The van der Waals surface area contributed by atoms with Crippen LogP contribution in [-0.4, -0.2) is 25.9 Å². The molecule has 2 N–H and O–H groups in total. The molecular weight excluding hydrogens is 226 g/mol. The minimum atomic E-state index is 0.0565. The molecule has 2 rings (SSSR count). The minimum absolute atomic E-state index is 0.0565. The van der Waals surface area contributed by atoms with Gasteiger partial charge in [0.1, 0.15) is 5.75 Å². The number of benzene rings is 1. The summed E-state index contributed by atoms with van der Waals surface area (Å²) in [6, 6.07) is 6.28. The summed E-state index contributed by atoms with van der Waals surface area (Å²) in [6.45, 7) is 2.94. The van der Waals surface area contributed by atoms with E-state index in [0.717, 1.165) is 31.6 Å². The van der Waals surface area contributed by atoms with Crippen molar-refractivity contribution in [2.75, 3.05) is 13.7 Å². The zero-order valence-electron chi connectivity index (χ0n) is 11.3. The van der Waals surface area contributed by atoms with Crippen molar-refractivity contribution in [1.29, 1.82) is 0 Å². The predicted octanol–water partition coefficient (Wildman–Crippen LogP) is 2.44. The normalized spacial score (nSPS) is 21.6. The van der Waals surface area contributed by atoms with E-state index < -0.39 is 0 Å².